The highest BCUT2D eigenvalue weighted by Crippen LogP contribution is 2.24. The Morgan fingerprint density at radius 1 is 1.53 bits per heavy atom. The van der Waals surface area contributed by atoms with Crippen LogP contribution in [0.3, 0.4) is 0 Å². The Bertz CT molecular complexity index is 489. The summed E-state index contributed by atoms with van der Waals surface area (Å²) < 4.78 is 5.05. The first-order valence-corrected chi connectivity index (χ1v) is 6.24. The molecule has 0 aromatic heterocycles. The average Bonchev–Trinajstić information content (AvgIpc) is 2.35. The Morgan fingerprint density at radius 3 is 2.63 bits per heavy atom. The second-order valence-electron chi connectivity index (χ2n) is 4.38. The van der Waals surface area contributed by atoms with E-state index in [-0.39, 0.29) is 34.8 Å². The number of nitrogens with zero attached hydrogens (tertiary/aromatic N) is 1. The number of phenolic OH excluding ortho intramolecular Hbond substituents is 1. The van der Waals surface area contributed by atoms with Crippen LogP contribution in [0.2, 0.25) is 0 Å². The quantitative estimate of drug-likeness (QED) is 0.801. The van der Waals surface area contributed by atoms with Crippen LogP contribution in [0, 0.1) is 0 Å². The number of hydrogen-bond acceptors (Lipinski definition) is 4. The summed E-state index contributed by atoms with van der Waals surface area (Å²) in [5, 5.41) is 9.80. The van der Waals surface area contributed by atoms with Gasteiger partial charge in [-0.1, -0.05) is 12.2 Å². The van der Waals surface area contributed by atoms with Gasteiger partial charge in [-0.05, 0) is 32.0 Å². The number of ether oxygens (including phenoxy) is 1. The monoisotopic (exact) mass is 282 g/mol. The highest BCUT2D eigenvalue weighted by Gasteiger charge is 2.22. The first kappa shape index (κ1) is 15.2. The van der Waals surface area contributed by atoms with E-state index in [1.165, 1.54) is 24.1 Å². The summed E-state index contributed by atoms with van der Waals surface area (Å²) in [7, 11) is 1.50. The molecule has 1 rings (SSSR count). The fraction of sp³-hybridized carbons (Fsp3) is 0.385. The van der Waals surface area contributed by atoms with Crippen molar-refractivity contribution in [1.29, 1.82) is 0 Å². The molecule has 0 aliphatic carbocycles. The molecular formula is C13H18N2O3S. The van der Waals surface area contributed by atoms with Gasteiger partial charge in [0.1, 0.15) is 11.5 Å². The average molecular weight is 282 g/mol. The fourth-order valence-corrected chi connectivity index (χ4v) is 1.76. The van der Waals surface area contributed by atoms with Gasteiger partial charge in [0.05, 0.1) is 24.2 Å². The second-order valence-corrected chi connectivity index (χ2v) is 4.90. The van der Waals surface area contributed by atoms with Crippen LogP contribution in [-0.4, -0.2) is 40.6 Å². The third kappa shape index (κ3) is 3.82. The summed E-state index contributed by atoms with van der Waals surface area (Å²) in [5.41, 5.74) is 5.66. The lowest BCUT2D eigenvalue weighted by Gasteiger charge is -2.26. The third-order valence-electron chi connectivity index (χ3n) is 2.64. The minimum Gasteiger partial charge on any atom is -0.507 e. The SMILES string of the molecule is COc1ccc(O)c(C(=O)N(CC(N)=S)C(C)C)c1. The Labute approximate surface area is 118 Å². The highest BCUT2D eigenvalue weighted by atomic mass is 32.1. The van der Waals surface area contributed by atoms with Gasteiger partial charge >= 0.3 is 0 Å². The normalized spacial score (nSPS) is 10.3. The van der Waals surface area contributed by atoms with Crippen molar-refractivity contribution in [3.8, 4) is 11.5 Å². The van der Waals surface area contributed by atoms with Gasteiger partial charge in [-0.25, -0.2) is 0 Å². The van der Waals surface area contributed by atoms with Crippen LogP contribution in [-0.2, 0) is 0 Å². The van der Waals surface area contributed by atoms with E-state index in [1.807, 2.05) is 13.8 Å². The number of carbonyl (C=O) groups excluding carboxylic acids is 1. The van der Waals surface area contributed by atoms with Crippen molar-refractivity contribution in [1.82, 2.24) is 4.90 Å². The standard InChI is InChI=1S/C13H18N2O3S/c1-8(2)15(7-12(14)19)13(17)10-6-9(18-3)4-5-11(10)16/h4-6,8,16H,7H2,1-3H3,(H2,14,19). The number of thiocarbonyl (C=S) groups is 1. The van der Waals surface area contributed by atoms with Crippen LogP contribution < -0.4 is 10.5 Å². The molecule has 0 heterocycles. The Balaban J connectivity index is 3.12. The number of methoxy groups -OCH3 is 1. The Kier molecular flexibility index (Phi) is 5.11. The molecular weight excluding hydrogens is 264 g/mol. The number of benzene rings is 1. The molecule has 19 heavy (non-hydrogen) atoms. The summed E-state index contributed by atoms with van der Waals surface area (Å²) >= 11 is 4.84. The van der Waals surface area contributed by atoms with Crippen molar-refractivity contribution in [3.05, 3.63) is 23.8 Å². The predicted molar refractivity (Wildman–Crippen MR) is 77.6 cm³/mol. The number of amides is 1. The van der Waals surface area contributed by atoms with E-state index in [9.17, 15) is 9.90 Å². The lowest BCUT2D eigenvalue weighted by atomic mass is 10.1. The maximum Gasteiger partial charge on any atom is 0.258 e. The predicted octanol–water partition coefficient (Wildman–Crippen LogP) is 1.54. The van der Waals surface area contributed by atoms with Crippen molar-refractivity contribution >= 4 is 23.1 Å². The molecule has 1 amide bonds. The molecule has 0 spiro atoms. The topological polar surface area (TPSA) is 75.8 Å². The van der Waals surface area contributed by atoms with Crippen molar-refractivity contribution in [2.24, 2.45) is 5.73 Å². The minimum absolute atomic E-state index is 0.0837. The minimum atomic E-state index is -0.334. The molecule has 0 radical (unpaired) electrons. The summed E-state index contributed by atoms with van der Waals surface area (Å²) in [6.07, 6.45) is 0. The van der Waals surface area contributed by atoms with Gasteiger partial charge in [0.15, 0.2) is 0 Å². The zero-order chi connectivity index (χ0) is 14.6. The van der Waals surface area contributed by atoms with Gasteiger partial charge in [-0.15, -0.1) is 0 Å². The summed E-state index contributed by atoms with van der Waals surface area (Å²) in [4.78, 5) is 14.1. The van der Waals surface area contributed by atoms with E-state index >= 15 is 0 Å². The van der Waals surface area contributed by atoms with E-state index < -0.39 is 0 Å². The Morgan fingerprint density at radius 2 is 2.16 bits per heavy atom. The first-order valence-electron chi connectivity index (χ1n) is 5.83. The lowest BCUT2D eigenvalue weighted by molar-refractivity contribution is 0.0732. The number of hydrogen-bond donors (Lipinski definition) is 2. The van der Waals surface area contributed by atoms with E-state index in [2.05, 4.69) is 0 Å². The molecule has 104 valence electrons. The van der Waals surface area contributed by atoms with E-state index in [4.69, 9.17) is 22.7 Å². The molecule has 3 N–H and O–H groups in total. The number of rotatable bonds is 5. The van der Waals surface area contributed by atoms with Crippen LogP contribution in [0.15, 0.2) is 18.2 Å². The zero-order valence-electron chi connectivity index (χ0n) is 11.2. The van der Waals surface area contributed by atoms with E-state index in [1.54, 1.807) is 6.07 Å². The molecule has 0 saturated carbocycles. The molecule has 6 heteroatoms. The number of nitrogens with two attached hydrogens (primary N) is 1. The largest absolute Gasteiger partial charge is 0.507 e. The van der Waals surface area contributed by atoms with E-state index in [0.29, 0.717) is 5.75 Å². The molecule has 1 aromatic carbocycles. The van der Waals surface area contributed by atoms with Crippen molar-refractivity contribution in [3.63, 3.8) is 0 Å². The molecule has 0 unspecified atom stereocenters. The van der Waals surface area contributed by atoms with Gasteiger partial charge < -0.3 is 20.5 Å². The van der Waals surface area contributed by atoms with Gasteiger partial charge in [0.2, 0.25) is 0 Å². The molecule has 5 nitrogen and oxygen atoms in total. The number of carbonyl (C=O) groups is 1. The fourth-order valence-electron chi connectivity index (χ4n) is 1.62. The molecule has 0 aliphatic rings. The summed E-state index contributed by atoms with van der Waals surface area (Å²) in [6.45, 7) is 3.88. The van der Waals surface area contributed by atoms with Crippen LogP contribution in [0.1, 0.15) is 24.2 Å². The van der Waals surface area contributed by atoms with Crippen molar-refractivity contribution in [2.75, 3.05) is 13.7 Å². The van der Waals surface area contributed by atoms with Gasteiger partial charge in [0.25, 0.3) is 5.91 Å². The van der Waals surface area contributed by atoms with Gasteiger partial charge in [-0.2, -0.15) is 0 Å². The highest BCUT2D eigenvalue weighted by molar-refractivity contribution is 7.80. The third-order valence-corrected chi connectivity index (χ3v) is 2.77. The van der Waals surface area contributed by atoms with Crippen LogP contribution in [0.25, 0.3) is 0 Å². The smallest absolute Gasteiger partial charge is 0.258 e. The molecule has 0 aliphatic heterocycles. The van der Waals surface area contributed by atoms with Crippen LogP contribution >= 0.6 is 12.2 Å². The van der Waals surface area contributed by atoms with Crippen molar-refractivity contribution in [2.45, 2.75) is 19.9 Å². The molecule has 0 saturated heterocycles. The first-order chi connectivity index (χ1) is 8.86. The molecule has 1 aromatic rings. The number of phenols is 1. The van der Waals surface area contributed by atoms with Crippen molar-refractivity contribution < 1.29 is 14.6 Å². The molecule has 0 bridgehead atoms. The number of aromatic hydroxyl groups is 1. The van der Waals surface area contributed by atoms with Crippen LogP contribution in [0.4, 0.5) is 0 Å². The summed E-state index contributed by atoms with van der Waals surface area (Å²) in [6, 6.07) is 4.41. The van der Waals surface area contributed by atoms with Crippen LogP contribution in [0.5, 0.6) is 11.5 Å². The van der Waals surface area contributed by atoms with Gasteiger partial charge in [-0.3, -0.25) is 4.79 Å². The lowest BCUT2D eigenvalue weighted by Crippen LogP contribution is -2.42. The van der Waals surface area contributed by atoms with E-state index in [0.717, 1.165) is 0 Å². The summed E-state index contributed by atoms with van der Waals surface area (Å²) in [5.74, 6) is 0.0683. The zero-order valence-corrected chi connectivity index (χ0v) is 12.0. The molecule has 0 fully saturated rings. The second kappa shape index (κ2) is 6.38. The maximum atomic E-state index is 12.4. The van der Waals surface area contributed by atoms with Gasteiger partial charge in [0, 0.05) is 6.04 Å². The Hall–Kier alpha value is -1.82. The maximum absolute atomic E-state index is 12.4. The molecule has 0 atom stereocenters.